The van der Waals surface area contributed by atoms with E-state index in [0.717, 1.165) is 5.56 Å². The van der Waals surface area contributed by atoms with Crippen molar-refractivity contribution in [1.29, 1.82) is 0 Å². The van der Waals surface area contributed by atoms with Crippen molar-refractivity contribution in [1.82, 2.24) is 14.7 Å². The largest absolute Gasteiger partial charge is 0.326 e. The van der Waals surface area contributed by atoms with Gasteiger partial charge in [0, 0.05) is 12.4 Å². The third-order valence-electron chi connectivity index (χ3n) is 3.50. The Bertz CT molecular complexity index is 607. The van der Waals surface area contributed by atoms with Crippen LogP contribution in [0.15, 0.2) is 48.8 Å². The summed E-state index contributed by atoms with van der Waals surface area (Å²) in [6.07, 6.45) is 3.58. The summed E-state index contributed by atoms with van der Waals surface area (Å²) in [7, 11) is 0. The molecule has 1 aromatic carbocycles. The van der Waals surface area contributed by atoms with Gasteiger partial charge in [0.15, 0.2) is 5.78 Å². The van der Waals surface area contributed by atoms with E-state index in [2.05, 4.69) is 5.10 Å². The van der Waals surface area contributed by atoms with Gasteiger partial charge in [0.05, 0.1) is 25.6 Å². The Morgan fingerprint density at radius 1 is 1.15 bits per heavy atom. The fraction of sp³-hybridized carbons (Fsp3) is 0.267. The van der Waals surface area contributed by atoms with Crippen molar-refractivity contribution < 1.29 is 9.59 Å². The molecule has 1 unspecified atom stereocenters. The van der Waals surface area contributed by atoms with Gasteiger partial charge in [0.25, 0.3) is 0 Å². The highest BCUT2D eigenvalue weighted by Gasteiger charge is 2.34. The summed E-state index contributed by atoms with van der Waals surface area (Å²) in [5.41, 5.74) is 1.02. The molecule has 0 saturated carbocycles. The highest BCUT2D eigenvalue weighted by molar-refractivity contribution is 6.05. The molecule has 1 saturated heterocycles. The average molecular weight is 269 g/mol. The highest BCUT2D eigenvalue weighted by Crippen LogP contribution is 2.26. The molecule has 0 bridgehead atoms. The van der Waals surface area contributed by atoms with Crippen LogP contribution in [-0.4, -0.2) is 32.9 Å². The van der Waals surface area contributed by atoms with E-state index < -0.39 is 0 Å². The topological polar surface area (TPSA) is 55.2 Å². The minimum Gasteiger partial charge on any atom is -0.326 e. The molecule has 3 rings (SSSR count). The molecule has 5 heteroatoms. The lowest BCUT2D eigenvalue weighted by molar-refractivity contribution is -0.130. The second kappa shape index (κ2) is 5.28. The van der Waals surface area contributed by atoms with Gasteiger partial charge in [-0.15, -0.1) is 0 Å². The minimum atomic E-state index is -0.157. The quantitative estimate of drug-likeness (QED) is 0.789. The van der Waals surface area contributed by atoms with Crippen molar-refractivity contribution in [2.75, 3.05) is 6.54 Å². The molecule has 1 atom stereocenters. The lowest BCUT2D eigenvalue weighted by atomic mass is 10.1. The Balaban J connectivity index is 1.91. The van der Waals surface area contributed by atoms with Crippen LogP contribution >= 0.6 is 0 Å². The number of aromatic nitrogens is 2. The fourth-order valence-electron chi connectivity index (χ4n) is 2.53. The number of Topliss-reactive ketones (excluding diaryl/α,β-unsaturated/α-hetero) is 1. The Labute approximate surface area is 116 Å². The van der Waals surface area contributed by atoms with Crippen LogP contribution in [0.1, 0.15) is 18.0 Å². The number of ketones is 1. The molecule has 1 amide bonds. The monoisotopic (exact) mass is 269 g/mol. The average Bonchev–Trinajstić information content (AvgIpc) is 3.07. The number of carbonyl (C=O) groups is 2. The number of likely N-dealkylation sites (tertiary alicyclic amines) is 1. The predicted octanol–water partition coefficient (Wildman–Crippen LogP) is 1.43. The van der Waals surface area contributed by atoms with Gasteiger partial charge in [-0.3, -0.25) is 14.3 Å². The number of benzene rings is 1. The first kappa shape index (κ1) is 12.6. The molecular formula is C15H15N3O2. The van der Waals surface area contributed by atoms with Crippen LogP contribution < -0.4 is 0 Å². The molecule has 1 aliphatic rings. The van der Waals surface area contributed by atoms with Crippen LogP contribution in [0.2, 0.25) is 0 Å². The van der Waals surface area contributed by atoms with E-state index in [9.17, 15) is 9.59 Å². The van der Waals surface area contributed by atoms with Crippen molar-refractivity contribution in [2.24, 2.45) is 0 Å². The van der Waals surface area contributed by atoms with E-state index in [0.29, 0.717) is 6.54 Å². The molecule has 1 aliphatic heterocycles. The maximum Gasteiger partial charge on any atom is 0.231 e. The zero-order chi connectivity index (χ0) is 13.9. The molecule has 2 aromatic rings. The van der Waals surface area contributed by atoms with Crippen LogP contribution in [0.5, 0.6) is 0 Å². The van der Waals surface area contributed by atoms with Crippen LogP contribution in [0.3, 0.4) is 0 Å². The Morgan fingerprint density at radius 3 is 2.55 bits per heavy atom. The zero-order valence-electron chi connectivity index (χ0n) is 11.0. The summed E-state index contributed by atoms with van der Waals surface area (Å²) < 4.78 is 1.79. The maximum absolute atomic E-state index is 12.0. The van der Waals surface area contributed by atoms with E-state index >= 15 is 0 Å². The number of hydrogen-bond donors (Lipinski definition) is 0. The molecule has 1 aromatic heterocycles. The van der Waals surface area contributed by atoms with Crippen LogP contribution in [0, 0.1) is 0 Å². The third kappa shape index (κ3) is 2.47. The van der Waals surface area contributed by atoms with Gasteiger partial charge >= 0.3 is 0 Å². The van der Waals surface area contributed by atoms with Gasteiger partial charge in [0.2, 0.25) is 5.91 Å². The van der Waals surface area contributed by atoms with Crippen LogP contribution in [0.4, 0.5) is 0 Å². The van der Waals surface area contributed by atoms with Crippen molar-refractivity contribution >= 4 is 11.7 Å². The van der Waals surface area contributed by atoms with E-state index in [-0.39, 0.29) is 30.7 Å². The molecule has 102 valence electrons. The van der Waals surface area contributed by atoms with Gasteiger partial charge in [-0.2, -0.15) is 5.10 Å². The van der Waals surface area contributed by atoms with Gasteiger partial charge in [0.1, 0.15) is 0 Å². The normalized spacial score (nSPS) is 16.7. The Hall–Kier alpha value is -2.43. The number of hydrogen-bond acceptors (Lipinski definition) is 3. The fourth-order valence-corrected chi connectivity index (χ4v) is 2.53. The Kier molecular flexibility index (Phi) is 3.33. The first-order valence-electron chi connectivity index (χ1n) is 6.57. The molecule has 0 radical (unpaired) electrons. The summed E-state index contributed by atoms with van der Waals surface area (Å²) in [5.74, 6) is -0.118. The summed E-state index contributed by atoms with van der Waals surface area (Å²) in [4.78, 5) is 25.2. The molecule has 0 aliphatic carbocycles. The van der Waals surface area contributed by atoms with Gasteiger partial charge in [-0.25, -0.2) is 0 Å². The zero-order valence-corrected chi connectivity index (χ0v) is 11.0. The van der Waals surface area contributed by atoms with Crippen molar-refractivity contribution in [3.05, 3.63) is 54.4 Å². The number of amides is 1. The second-order valence-corrected chi connectivity index (χ2v) is 4.89. The number of nitrogens with zero attached hydrogens (tertiary/aromatic N) is 3. The van der Waals surface area contributed by atoms with Crippen LogP contribution in [0.25, 0.3) is 0 Å². The van der Waals surface area contributed by atoms with Gasteiger partial charge < -0.3 is 4.90 Å². The van der Waals surface area contributed by atoms with Crippen molar-refractivity contribution in [3.63, 3.8) is 0 Å². The molecule has 0 N–H and O–H groups in total. The van der Waals surface area contributed by atoms with E-state index in [4.69, 9.17) is 0 Å². The van der Waals surface area contributed by atoms with E-state index in [1.807, 2.05) is 42.6 Å². The summed E-state index contributed by atoms with van der Waals surface area (Å²) in [5, 5.41) is 4.19. The minimum absolute atomic E-state index is 0.0163. The van der Waals surface area contributed by atoms with Crippen molar-refractivity contribution in [3.8, 4) is 0 Å². The second-order valence-electron chi connectivity index (χ2n) is 4.89. The first-order valence-corrected chi connectivity index (χ1v) is 6.57. The van der Waals surface area contributed by atoms with E-state index in [1.54, 1.807) is 15.8 Å². The lowest BCUT2D eigenvalue weighted by Crippen LogP contribution is -2.33. The molecule has 20 heavy (non-hydrogen) atoms. The molecule has 2 heterocycles. The number of rotatable bonds is 4. The predicted molar refractivity (Wildman–Crippen MR) is 72.7 cm³/mol. The molecule has 5 nitrogen and oxygen atoms in total. The first-order chi connectivity index (χ1) is 9.74. The lowest BCUT2D eigenvalue weighted by Gasteiger charge is -2.27. The van der Waals surface area contributed by atoms with Gasteiger partial charge in [-0.1, -0.05) is 30.3 Å². The molecular weight excluding hydrogens is 254 g/mol. The number of carbonyl (C=O) groups excluding carboxylic acids is 2. The SMILES string of the molecule is O=C1CC(=O)N(C(Cn2cccn2)c2ccccc2)C1. The maximum atomic E-state index is 12.0. The van der Waals surface area contributed by atoms with Gasteiger partial charge in [-0.05, 0) is 11.6 Å². The third-order valence-corrected chi connectivity index (χ3v) is 3.50. The standard InChI is InChI=1S/C15H15N3O2/c19-13-9-15(20)18(10-13)14(11-17-8-4-7-16-17)12-5-2-1-3-6-12/h1-8,14H,9-11H2. The van der Waals surface area contributed by atoms with Crippen LogP contribution in [-0.2, 0) is 16.1 Å². The van der Waals surface area contributed by atoms with E-state index in [1.165, 1.54) is 0 Å². The highest BCUT2D eigenvalue weighted by atomic mass is 16.2. The Morgan fingerprint density at radius 2 is 1.95 bits per heavy atom. The summed E-state index contributed by atoms with van der Waals surface area (Å²) in [6.45, 7) is 0.746. The molecule has 0 spiro atoms. The summed E-state index contributed by atoms with van der Waals surface area (Å²) in [6, 6.07) is 11.5. The van der Waals surface area contributed by atoms with Crippen molar-refractivity contribution in [2.45, 2.75) is 19.0 Å². The smallest absolute Gasteiger partial charge is 0.231 e. The summed E-state index contributed by atoms with van der Waals surface area (Å²) >= 11 is 0. The molecule has 1 fully saturated rings.